The summed E-state index contributed by atoms with van der Waals surface area (Å²) < 4.78 is 5.85. The number of hydrogen-bond donors (Lipinski definition) is 3. The van der Waals surface area contributed by atoms with Crippen LogP contribution in [0.3, 0.4) is 0 Å². The van der Waals surface area contributed by atoms with Crippen molar-refractivity contribution in [2.75, 3.05) is 23.8 Å². The summed E-state index contributed by atoms with van der Waals surface area (Å²) in [6, 6.07) is 5.72. The molecule has 2 fully saturated rings. The Labute approximate surface area is 176 Å². The molecule has 5 heterocycles. The van der Waals surface area contributed by atoms with Crippen LogP contribution in [-0.2, 0) is 6.42 Å². The first-order valence-corrected chi connectivity index (χ1v) is 10.9. The van der Waals surface area contributed by atoms with E-state index in [0.717, 1.165) is 49.3 Å². The molecule has 5 rings (SSSR count). The Hall–Kier alpha value is -2.86. The maximum atomic E-state index is 8.95. The second-order valence-electron chi connectivity index (χ2n) is 8.54. The van der Waals surface area contributed by atoms with Crippen molar-refractivity contribution in [1.29, 1.82) is 5.26 Å². The number of H-pyrrole nitrogens is 1. The number of piperidine rings is 1. The molecule has 2 aromatic heterocycles. The largest absolute Gasteiger partial charge is 0.477 e. The number of ether oxygens (including phenoxy) is 1. The average molecular weight is 409 g/mol. The molecule has 158 valence electrons. The molecular weight excluding hydrogens is 380 g/mol. The van der Waals surface area contributed by atoms with Crippen molar-refractivity contribution in [3.8, 4) is 11.9 Å². The summed E-state index contributed by atoms with van der Waals surface area (Å²) in [6.07, 6.45) is 7.14. The number of aryl methyl sites for hydroxylation is 1. The summed E-state index contributed by atoms with van der Waals surface area (Å²) in [6.45, 7) is 3.54. The minimum Gasteiger partial charge on any atom is -0.477 e. The molecule has 9 heteroatoms. The number of nitrogens with one attached hydrogen (secondary N) is 3. The van der Waals surface area contributed by atoms with Crippen LogP contribution in [0.5, 0.6) is 5.88 Å². The Kier molecular flexibility index (Phi) is 5.17. The molecule has 0 aromatic carbocycles. The third kappa shape index (κ3) is 3.79. The summed E-state index contributed by atoms with van der Waals surface area (Å²) in [5.74, 6) is 2.74. The topological polar surface area (TPSA) is 115 Å². The molecule has 0 spiro atoms. The Bertz CT molecular complexity index is 937. The van der Waals surface area contributed by atoms with Crippen molar-refractivity contribution in [2.45, 2.75) is 70.0 Å². The third-order valence-corrected chi connectivity index (χ3v) is 6.43. The molecule has 3 aliphatic heterocycles. The van der Waals surface area contributed by atoms with E-state index < -0.39 is 0 Å². The van der Waals surface area contributed by atoms with Crippen molar-refractivity contribution < 1.29 is 4.74 Å². The predicted octanol–water partition coefficient (Wildman–Crippen LogP) is 2.90. The van der Waals surface area contributed by atoms with Crippen molar-refractivity contribution >= 4 is 17.6 Å². The predicted molar refractivity (Wildman–Crippen MR) is 113 cm³/mol. The van der Waals surface area contributed by atoms with Crippen molar-refractivity contribution in [1.82, 2.24) is 25.1 Å². The molecular formula is C21H28N8O. The highest BCUT2D eigenvalue weighted by atomic mass is 16.5. The fraction of sp³-hybridized carbons (Fsp3) is 0.619. The summed E-state index contributed by atoms with van der Waals surface area (Å²) in [5, 5.41) is 23.0. The van der Waals surface area contributed by atoms with Crippen LogP contribution < -0.4 is 15.4 Å². The van der Waals surface area contributed by atoms with Gasteiger partial charge in [0.2, 0.25) is 11.8 Å². The maximum absolute atomic E-state index is 8.95. The van der Waals surface area contributed by atoms with Gasteiger partial charge in [-0.2, -0.15) is 20.3 Å². The van der Waals surface area contributed by atoms with Gasteiger partial charge in [-0.05, 0) is 45.4 Å². The van der Waals surface area contributed by atoms with Crippen LogP contribution in [0.1, 0.15) is 49.8 Å². The molecule has 3 aliphatic rings. The fourth-order valence-electron chi connectivity index (χ4n) is 5.13. The third-order valence-electron chi connectivity index (χ3n) is 6.43. The van der Waals surface area contributed by atoms with Gasteiger partial charge in [-0.25, -0.2) is 0 Å². The van der Waals surface area contributed by atoms with Crippen molar-refractivity contribution in [2.24, 2.45) is 0 Å². The minimum absolute atomic E-state index is 0.377. The lowest BCUT2D eigenvalue weighted by molar-refractivity contribution is 0.135. The summed E-state index contributed by atoms with van der Waals surface area (Å²) >= 11 is 0. The zero-order valence-electron chi connectivity index (χ0n) is 17.3. The molecule has 0 amide bonds. The zero-order chi connectivity index (χ0) is 20.5. The van der Waals surface area contributed by atoms with Crippen LogP contribution in [0.15, 0.2) is 6.07 Å². The highest BCUT2D eigenvalue weighted by Gasteiger charge is 2.40. The summed E-state index contributed by atoms with van der Waals surface area (Å²) in [5.41, 5.74) is 2.05. The first kappa shape index (κ1) is 19.1. The van der Waals surface area contributed by atoms with Gasteiger partial charge >= 0.3 is 0 Å². The van der Waals surface area contributed by atoms with Crippen LogP contribution in [0.4, 0.5) is 17.6 Å². The van der Waals surface area contributed by atoms with Crippen molar-refractivity contribution in [3.05, 3.63) is 17.3 Å². The van der Waals surface area contributed by atoms with Gasteiger partial charge in [-0.3, -0.25) is 10.00 Å². The Morgan fingerprint density at radius 1 is 1.30 bits per heavy atom. The lowest BCUT2D eigenvalue weighted by atomic mass is 9.96. The molecule has 2 saturated heterocycles. The zero-order valence-corrected chi connectivity index (χ0v) is 17.3. The van der Waals surface area contributed by atoms with E-state index in [1.807, 2.05) is 13.0 Å². The molecule has 9 nitrogen and oxygen atoms in total. The number of aromatic amines is 1. The van der Waals surface area contributed by atoms with Gasteiger partial charge in [0.1, 0.15) is 5.82 Å². The molecule has 1 unspecified atom stereocenters. The number of anilines is 3. The highest BCUT2D eigenvalue weighted by Crippen LogP contribution is 2.38. The maximum Gasteiger partial charge on any atom is 0.233 e. The van der Waals surface area contributed by atoms with Crippen LogP contribution in [0.25, 0.3) is 0 Å². The van der Waals surface area contributed by atoms with Gasteiger partial charge in [0.25, 0.3) is 0 Å². The van der Waals surface area contributed by atoms with Gasteiger partial charge in [-0.15, -0.1) is 0 Å². The van der Waals surface area contributed by atoms with E-state index in [1.165, 1.54) is 12.8 Å². The monoisotopic (exact) mass is 408 g/mol. The molecule has 0 radical (unpaired) electrons. The van der Waals surface area contributed by atoms with Gasteiger partial charge in [-0.1, -0.05) is 0 Å². The Morgan fingerprint density at radius 3 is 2.87 bits per heavy atom. The Balaban J connectivity index is 1.35. The quantitative estimate of drug-likeness (QED) is 0.668. The number of aromatic nitrogens is 4. The lowest BCUT2D eigenvalue weighted by Crippen LogP contribution is -2.47. The normalized spacial score (nSPS) is 25.3. The molecule has 0 saturated carbocycles. The van der Waals surface area contributed by atoms with E-state index in [9.17, 15) is 0 Å². The number of fused-ring (bicyclic) bond motifs is 3. The van der Waals surface area contributed by atoms with Gasteiger partial charge in [0.05, 0.1) is 18.2 Å². The van der Waals surface area contributed by atoms with E-state index >= 15 is 0 Å². The summed E-state index contributed by atoms with van der Waals surface area (Å²) in [4.78, 5) is 11.9. The van der Waals surface area contributed by atoms with E-state index in [4.69, 9.17) is 15.0 Å². The van der Waals surface area contributed by atoms with Gasteiger partial charge in [0.15, 0.2) is 5.82 Å². The Morgan fingerprint density at radius 2 is 2.13 bits per heavy atom. The van der Waals surface area contributed by atoms with E-state index in [1.54, 1.807) is 0 Å². The second kappa shape index (κ2) is 8.11. The molecule has 2 bridgehead atoms. The molecule has 30 heavy (non-hydrogen) atoms. The van der Waals surface area contributed by atoms with Gasteiger partial charge < -0.3 is 15.4 Å². The average Bonchev–Trinajstić information content (AvgIpc) is 3.25. The van der Waals surface area contributed by atoms with Gasteiger partial charge in [0, 0.05) is 42.9 Å². The smallest absolute Gasteiger partial charge is 0.233 e. The van der Waals surface area contributed by atoms with E-state index in [-0.39, 0.29) is 0 Å². The van der Waals surface area contributed by atoms with Crippen LogP contribution in [0.2, 0.25) is 0 Å². The SMILES string of the molecule is Cc1cc(Nc2nc(NC3C[C@H]4CC[C@@H](C3)N4CCC#N)c3c(n2)OCCC3)n[nH]1. The van der Waals surface area contributed by atoms with Crippen LogP contribution in [-0.4, -0.2) is 56.3 Å². The lowest BCUT2D eigenvalue weighted by Gasteiger charge is -2.39. The van der Waals surface area contributed by atoms with E-state index in [0.29, 0.717) is 48.8 Å². The standard InChI is InChI=1S/C21H28N8O/c1-13-10-18(28-27-13)24-21-25-19(17-4-2-9-30-20(17)26-21)23-14-11-15-5-6-16(12-14)29(15)8-3-7-22/h10,14-16H,2-6,8-9,11-12H2,1H3,(H3,23,24,25,26,27,28)/t14?,15-,16+. The molecule has 3 N–H and O–H groups in total. The first-order valence-electron chi connectivity index (χ1n) is 10.9. The second-order valence-corrected chi connectivity index (χ2v) is 8.54. The fourth-order valence-corrected chi connectivity index (χ4v) is 5.13. The molecule has 3 atom stereocenters. The number of hydrogen-bond acceptors (Lipinski definition) is 8. The van der Waals surface area contributed by atoms with Crippen LogP contribution in [0, 0.1) is 18.3 Å². The molecule has 0 aliphatic carbocycles. The first-order chi connectivity index (χ1) is 14.7. The van der Waals surface area contributed by atoms with Crippen molar-refractivity contribution in [3.63, 3.8) is 0 Å². The number of nitrogens with zero attached hydrogens (tertiary/aromatic N) is 5. The van der Waals surface area contributed by atoms with Crippen LogP contribution >= 0.6 is 0 Å². The summed E-state index contributed by atoms with van der Waals surface area (Å²) in [7, 11) is 0. The number of rotatable bonds is 6. The number of nitriles is 1. The minimum atomic E-state index is 0.377. The molecule has 2 aromatic rings. The van der Waals surface area contributed by atoms with E-state index in [2.05, 4.69) is 36.8 Å². The highest BCUT2D eigenvalue weighted by molar-refractivity contribution is 5.58.